The second-order valence-electron chi connectivity index (χ2n) is 5.69. The van der Waals surface area contributed by atoms with Crippen LogP contribution in [0.5, 0.6) is 5.75 Å². The Bertz CT molecular complexity index is 463. The number of rotatable bonds is 6. The van der Waals surface area contributed by atoms with Crippen LogP contribution in [-0.2, 0) is 11.2 Å². The number of hydrogen-bond acceptors (Lipinski definition) is 3. The number of carboxylic acids is 1. The molecule has 1 unspecified atom stereocenters. The lowest BCUT2D eigenvalue weighted by molar-refractivity contribution is -0.144. The van der Waals surface area contributed by atoms with Crippen LogP contribution in [0.3, 0.4) is 0 Å². The van der Waals surface area contributed by atoms with Crippen LogP contribution in [0.15, 0.2) is 24.3 Å². The predicted octanol–water partition coefficient (Wildman–Crippen LogP) is 2.63. The molecule has 0 spiro atoms. The van der Waals surface area contributed by atoms with E-state index >= 15 is 0 Å². The van der Waals surface area contributed by atoms with E-state index in [-0.39, 0.29) is 0 Å². The van der Waals surface area contributed by atoms with E-state index in [9.17, 15) is 15.0 Å². The molecule has 0 saturated heterocycles. The van der Waals surface area contributed by atoms with Crippen molar-refractivity contribution in [2.24, 2.45) is 5.92 Å². The largest absolute Gasteiger partial charge is 0.496 e. The van der Waals surface area contributed by atoms with Crippen molar-refractivity contribution in [3.63, 3.8) is 0 Å². The first kappa shape index (κ1) is 14.9. The lowest BCUT2D eigenvalue weighted by atomic mass is 9.85. The number of ether oxygens (including phenoxy) is 1. The van der Waals surface area contributed by atoms with Crippen molar-refractivity contribution in [1.82, 2.24) is 0 Å². The SMILES string of the molecule is COc1ccccc1CC(CC1(O)CCCC1)C(=O)O. The molecular weight excluding hydrogens is 256 g/mol. The van der Waals surface area contributed by atoms with E-state index in [1.54, 1.807) is 7.11 Å². The molecule has 1 aliphatic carbocycles. The molecule has 1 aromatic rings. The van der Waals surface area contributed by atoms with Gasteiger partial charge in [0.1, 0.15) is 5.75 Å². The zero-order valence-corrected chi connectivity index (χ0v) is 11.8. The van der Waals surface area contributed by atoms with Gasteiger partial charge in [-0.05, 0) is 37.3 Å². The molecule has 0 amide bonds. The topological polar surface area (TPSA) is 66.8 Å². The van der Waals surface area contributed by atoms with Crippen molar-refractivity contribution >= 4 is 5.97 Å². The van der Waals surface area contributed by atoms with Crippen molar-refractivity contribution in [2.75, 3.05) is 7.11 Å². The van der Waals surface area contributed by atoms with Crippen LogP contribution in [-0.4, -0.2) is 28.9 Å². The van der Waals surface area contributed by atoms with Gasteiger partial charge in [-0.3, -0.25) is 4.79 Å². The zero-order chi connectivity index (χ0) is 14.6. The molecule has 1 aromatic carbocycles. The highest BCUT2D eigenvalue weighted by Crippen LogP contribution is 2.36. The van der Waals surface area contributed by atoms with Crippen LogP contribution < -0.4 is 4.74 Å². The van der Waals surface area contributed by atoms with Crippen molar-refractivity contribution in [3.8, 4) is 5.75 Å². The number of aliphatic carboxylic acids is 1. The van der Waals surface area contributed by atoms with Gasteiger partial charge < -0.3 is 14.9 Å². The quantitative estimate of drug-likeness (QED) is 0.839. The molecule has 4 nitrogen and oxygen atoms in total. The molecule has 1 aliphatic rings. The van der Waals surface area contributed by atoms with Gasteiger partial charge in [0.2, 0.25) is 0 Å². The van der Waals surface area contributed by atoms with Gasteiger partial charge >= 0.3 is 5.97 Å². The molecule has 1 fully saturated rings. The minimum absolute atomic E-state index is 0.320. The van der Waals surface area contributed by atoms with Crippen molar-refractivity contribution in [2.45, 2.75) is 44.1 Å². The van der Waals surface area contributed by atoms with Crippen LogP contribution in [0.1, 0.15) is 37.7 Å². The highest BCUT2D eigenvalue weighted by atomic mass is 16.5. The standard InChI is InChI=1S/C16H22O4/c1-20-14-7-3-2-6-12(14)10-13(15(17)18)11-16(19)8-4-5-9-16/h2-3,6-7,13,19H,4-5,8-11H2,1H3,(H,17,18). The Morgan fingerprint density at radius 2 is 2.00 bits per heavy atom. The number of aliphatic hydroxyl groups is 1. The molecule has 2 N–H and O–H groups in total. The summed E-state index contributed by atoms with van der Waals surface area (Å²) in [7, 11) is 1.58. The van der Waals surface area contributed by atoms with Crippen LogP contribution >= 0.6 is 0 Å². The summed E-state index contributed by atoms with van der Waals surface area (Å²) in [5.41, 5.74) is 0.0782. The molecule has 4 heteroatoms. The number of carbonyl (C=O) groups is 1. The van der Waals surface area contributed by atoms with Gasteiger partial charge in [-0.1, -0.05) is 31.0 Å². The molecule has 0 heterocycles. The Hall–Kier alpha value is -1.55. The second kappa shape index (κ2) is 6.27. The van der Waals surface area contributed by atoms with E-state index in [1.807, 2.05) is 24.3 Å². The van der Waals surface area contributed by atoms with Crippen LogP contribution in [0, 0.1) is 5.92 Å². The van der Waals surface area contributed by atoms with Gasteiger partial charge in [0.05, 0.1) is 18.6 Å². The smallest absolute Gasteiger partial charge is 0.306 e. The first-order valence-electron chi connectivity index (χ1n) is 7.11. The summed E-state index contributed by atoms with van der Waals surface area (Å²) >= 11 is 0. The van der Waals surface area contributed by atoms with E-state index in [0.29, 0.717) is 31.4 Å². The summed E-state index contributed by atoms with van der Waals surface area (Å²) in [6, 6.07) is 7.45. The summed E-state index contributed by atoms with van der Waals surface area (Å²) in [6.45, 7) is 0. The van der Waals surface area contributed by atoms with Gasteiger partial charge in [-0.25, -0.2) is 0 Å². The first-order valence-corrected chi connectivity index (χ1v) is 7.11. The van der Waals surface area contributed by atoms with Crippen LogP contribution in [0.25, 0.3) is 0 Å². The zero-order valence-electron chi connectivity index (χ0n) is 11.8. The van der Waals surface area contributed by atoms with Crippen molar-refractivity contribution in [1.29, 1.82) is 0 Å². The maximum Gasteiger partial charge on any atom is 0.306 e. The minimum atomic E-state index is -0.851. The molecule has 0 aromatic heterocycles. The van der Waals surface area contributed by atoms with E-state index in [4.69, 9.17) is 4.74 Å². The van der Waals surface area contributed by atoms with Crippen LogP contribution in [0.4, 0.5) is 0 Å². The van der Waals surface area contributed by atoms with E-state index in [2.05, 4.69) is 0 Å². The predicted molar refractivity (Wildman–Crippen MR) is 75.9 cm³/mol. The van der Waals surface area contributed by atoms with Gasteiger partial charge in [0.15, 0.2) is 0 Å². The third kappa shape index (κ3) is 3.51. The summed E-state index contributed by atoms with van der Waals surface area (Å²) in [5, 5.41) is 19.8. The molecule has 0 radical (unpaired) electrons. The third-order valence-corrected chi connectivity index (χ3v) is 4.17. The molecular formula is C16H22O4. The lowest BCUT2D eigenvalue weighted by Gasteiger charge is -2.26. The average molecular weight is 278 g/mol. The number of para-hydroxylation sites is 1. The average Bonchev–Trinajstić information content (AvgIpc) is 2.85. The maximum atomic E-state index is 11.5. The minimum Gasteiger partial charge on any atom is -0.496 e. The molecule has 20 heavy (non-hydrogen) atoms. The Morgan fingerprint density at radius 3 is 2.60 bits per heavy atom. The monoisotopic (exact) mass is 278 g/mol. The molecule has 1 atom stereocenters. The lowest BCUT2D eigenvalue weighted by Crippen LogP contribution is -2.32. The normalized spacial score (nSPS) is 18.7. The maximum absolute atomic E-state index is 11.5. The molecule has 2 rings (SSSR count). The molecule has 0 aliphatic heterocycles. The Labute approximate surface area is 119 Å². The van der Waals surface area contributed by atoms with Gasteiger partial charge in [-0.2, -0.15) is 0 Å². The highest BCUT2D eigenvalue weighted by molar-refractivity contribution is 5.70. The fraction of sp³-hybridized carbons (Fsp3) is 0.562. The molecule has 1 saturated carbocycles. The summed E-state index contributed by atoms with van der Waals surface area (Å²) in [5.74, 6) is -0.720. The Balaban J connectivity index is 2.11. The Morgan fingerprint density at radius 1 is 1.35 bits per heavy atom. The van der Waals surface area contributed by atoms with E-state index < -0.39 is 17.5 Å². The molecule has 0 bridgehead atoms. The number of hydrogen-bond donors (Lipinski definition) is 2. The van der Waals surface area contributed by atoms with Crippen molar-refractivity contribution < 1.29 is 19.7 Å². The fourth-order valence-electron chi connectivity index (χ4n) is 3.08. The Kier molecular flexibility index (Phi) is 4.65. The third-order valence-electron chi connectivity index (χ3n) is 4.17. The molecule has 110 valence electrons. The summed E-state index contributed by atoms with van der Waals surface area (Å²) in [6.07, 6.45) is 4.10. The van der Waals surface area contributed by atoms with Crippen molar-refractivity contribution in [3.05, 3.63) is 29.8 Å². The fourth-order valence-corrected chi connectivity index (χ4v) is 3.08. The first-order chi connectivity index (χ1) is 9.54. The van der Waals surface area contributed by atoms with Crippen LogP contribution in [0.2, 0.25) is 0 Å². The number of carboxylic acid groups (broad SMARTS) is 1. The number of methoxy groups -OCH3 is 1. The highest BCUT2D eigenvalue weighted by Gasteiger charge is 2.36. The van der Waals surface area contributed by atoms with Gasteiger partial charge in [-0.15, -0.1) is 0 Å². The van der Waals surface area contributed by atoms with E-state index in [1.165, 1.54) is 0 Å². The number of benzene rings is 1. The van der Waals surface area contributed by atoms with E-state index in [0.717, 1.165) is 18.4 Å². The summed E-state index contributed by atoms with van der Waals surface area (Å²) in [4.78, 5) is 11.5. The van der Waals surface area contributed by atoms with Gasteiger partial charge in [0.25, 0.3) is 0 Å². The second-order valence-corrected chi connectivity index (χ2v) is 5.69. The van der Waals surface area contributed by atoms with Gasteiger partial charge in [0, 0.05) is 0 Å². The summed E-state index contributed by atoms with van der Waals surface area (Å²) < 4.78 is 5.27.